The van der Waals surface area contributed by atoms with Crippen molar-refractivity contribution in [3.05, 3.63) is 51.5 Å². The minimum absolute atomic E-state index is 0.284. The summed E-state index contributed by atoms with van der Waals surface area (Å²) in [5, 5.41) is 20.5. The number of hydrogen-bond donors (Lipinski definition) is 3. The highest BCUT2D eigenvalue weighted by atomic mass is 127. The fraction of sp³-hybridized carbons (Fsp3) is 0.417. The number of ether oxygens (including phenoxy) is 1. The first-order valence-corrected chi connectivity index (χ1v) is 7.32. The van der Waals surface area contributed by atoms with Gasteiger partial charge in [-0.15, -0.1) is 5.73 Å². The molecule has 0 aromatic carbocycles. The molecule has 0 spiro atoms. The molecule has 1 saturated heterocycles. The lowest BCUT2D eigenvalue weighted by atomic mass is 9.93. The van der Waals surface area contributed by atoms with Gasteiger partial charge in [-0.3, -0.25) is 14.3 Å². The molecule has 1 aliphatic rings. The lowest BCUT2D eigenvalue weighted by Crippen LogP contribution is -2.50. The van der Waals surface area contributed by atoms with Crippen LogP contribution in [-0.4, -0.2) is 41.8 Å². The zero-order chi connectivity index (χ0) is 15.8. The van der Waals surface area contributed by atoms with E-state index in [0.29, 0.717) is 0 Å². The third kappa shape index (κ3) is 2.51. The summed E-state index contributed by atoms with van der Waals surface area (Å²) < 4.78 is 20.1. The number of rotatable bonds is 3. The molecular formula is C12H12FIN2O5. The maximum atomic E-state index is 14.5. The number of halogens is 2. The summed E-state index contributed by atoms with van der Waals surface area (Å²) in [4.78, 5) is 24.8. The standard InChI is InChI=1S/C12H12FIN2O5/c1-2-4-11(20)8(18)12(13,6-14)21-9(11)16-5-3-7(17)15-10(16)19/h3-5,8-9,18,20H,1,6H2,(H,15,17,19)/t8-,9+,11+,12+/m0/s1. The van der Waals surface area contributed by atoms with Crippen molar-refractivity contribution in [3.8, 4) is 0 Å². The molecule has 1 aromatic heterocycles. The largest absolute Gasteiger partial charge is 0.384 e. The van der Waals surface area contributed by atoms with E-state index in [1.165, 1.54) is 0 Å². The minimum Gasteiger partial charge on any atom is -0.384 e. The fourth-order valence-corrected chi connectivity index (χ4v) is 2.73. The molecule has 0 radical (unpaired) electrons. The predicted octanol–water partition coefficient (Wildman–Crippen LogP) is -0.401. The lowest BCUT2D eigenvalue weighted by molar-refractivity contribution is -0.169. The van der Waals surface area contributed by atoms with E-state index >= 15 is 0 Å². The molecule has 2 rings (SSSR count). The fourth-order valence-electron chi connectivity index (χ4n) is 2.13. The highest BCUT2D eigenvalue weighted by Crippen LogP contribution is 2.46. The Kier molecular flexibility index (Phi) is 4.22. The van der Waals surface area contributed by atoms with Crippen LogP contribution in [0.15, 0.2) is 40.2 Å². The molecule has 4 atom stereocenters. The molecule has 1 aliphatic heterocycles. The zero-order valence-electron chi connectivity index (χ0n) is 10.6. The number of aliphatic hydroxyl groups excluding tert-OH is 1. The highest BCUT2D eigenvalue weighted by molar-refractivity contribution is 14.1. The monoisotopic (exact) mass is 410 g/mol. The van der Waals surface area contributed by atoms with Crippen molar-refractivity contribution < 1.29 is 19.3 Å². The Bertz CT molecular complexity index is 712. The minimum atomic E-state index is -2.57. The van der Waals surface area contributed by atoms with Gasteiger partial charge in [-0.05, 0) is 6.08 Å². The summed E-state index contributed by atoms with van der Waals surface area (Å²) in [6.07, 6.45) is -1.57. The maximum Gasteiger partial charge on any atom is 0.330 e. The van der Waals surface area contributed by atoms with Crippen molar-refractivity contribution >= 4 is 22.6 Å². The van der Waals surface area contributed by atoms with E-state index in [9.17, 15) is 24.2 Å². The molecule has 21 heavy (non-hydrogen) atoms. The molecule has 0 unspecified atom stereocenters. The SMILES string of the molecule is C=C=C[C@]1(O)[C@H](n2ccc(=O)[nH]c2=O)O[C@](F)(CI)[C@H]1O. The van der Waals surface area contributed by atoms with E-state index in [-0.39, 0.29) is 4.43 Å². The van der Waals surface area contributed by atoms with E-state index in [1.807, 2.05) is 4.98 Å². The third-order valence-corrected chi connectivity index (χ3v) is 4.21. The van der Waals surface area contributed by atoms with Crippen LogP contribution in [0.3, 0.4) is 0 Å². The first kappa shape index (κ1) is 16.1. The highest BCUT2D eigenvalue weighted by Gasteiger charge is 2.63. The summed E-state index contributed by atoms with van der Waals surface area (Å²) in [7, 11) is 0. The molecule has 0 bridgehead atoms. The van der Waals surface area contributed by atoms with Crippen molar-refractivity contribution in [2.24, 2.45) is 0 Å². The summed E-state index contributed by atoms with van der Waals surface area (Å²) >= 11 is 1.64. The van der Waals surface area contributed by atoms with Crippen LogP contribution in [0, 0.1) is 0 Å². The van der Waals surface area contributed by atoms with Gasteiger partial charge in [0.05, 0.1) is 4.43 Å². The number of aromatic amines is 1. The molecule has 0 amide bonds. The second-order valence-electron chi connectivity index (χ2n) is 4.55. The van der Waals surface area contributed by atoms with Crippen molar-refractivity contribution in [1.82, 2.24) is 9.55 Å². The van der Waals surface area contributed by atoms with Gasteiger partial charge in [-0.2, -0.15) is 0 Å². The van der Waals surface area contributed by atoms with Crippen LogP contribution in [0.25, 0.3) is 0 Å². The summed E-state index contributed by atoms with van der Waals surface area (Å²) in [6, 6.07) is 1.01. The number of H-pyrrole nitrogens is 1. The molecular weight excluding hydrogens is 398 g/mol. The van der Waals surface area contributed by atoms with E-state index in [1.54, 1.807) is 22.6 Å². The van der Waals surface area contributed by atoms with E-state index in [0.717, 1.165) is 22.9 Å². The van der Waals surface area contributed by atoms with Crippen LogP contribution in [0.4, 0.5) is 4.39 Å². The van der Waals surface area contributed by atoms with Crippen molar-refractivity contribution in [3.63, 3.8) is 0 Å². The van der Waals surface area contributed by atoms with Gasteiger partial charge in [0.1, 0.15) is 0 Å². The predicted molar refractivity (Wildman–Crippen MR) is 78.8 cm³/mol. The summed E-state index contributed by atoms with van der Waals surface area (Å²) in [5.74, 6) is -2.57. The number of hydrogen-bond acceptors (Lipinski definition) is 5. The molecule has 2 heterocycles. The van der Waals surface area contributed by atoms with Gasteiger partial charge < -0.3 is 14.9 Å². The number of alkyl halides is 2. The van der Waals surface area contributed by atoms with E-state index < -0.39 is 35.0 Å². The molecule has 9 heteroatoms. The van der Waals surface area contributed by atoms with Gasteiger partial charge in [-0.1, -0.05) is 29.2 Å². The van der Waals surface area contributed by atoms with E-state index in [4.69, 9.17) is 4.74 Å². The van der Waals surface area contributed by atoms with Crippen molar-refractivity contribution in [2.75, 3.05) is 4.43 Å². The first-order chi connectivity index (χ1) is 9.78. The second-order valence-corrected chi connectivity index (χ2v) is 5.31. The van der Waals surface area contributed by atoms with Gasteiger partial charge in [-0.25, -0.2) is 9.18 Å². The third-order valence-electron chi connectivity index (χ3n) is 3.17. The van der Waals surface area contributed by atoms with Crippen molar-refractivity contribution in [1.29, 1.82) is 0 Å². The van der Waals surface area contributed by atoms with Crippen LogP contribution in [0.5, 0.6) is 0 Å². The van der Waals surface area contributed by atoms with Gasteiger partial charge in [0.15, 0.2) is 17.9 Å². The van der Waals surface area contributed by atoms with Gasteiger partial charge in [0, 0.05) is 12.3 Å². The number of aromatic nitrogens is 2. The van der Waals surface area contributed by atoms with Crippen molar-refractivity contribution in [2.45, 2.75) is 23.8 Å². The van der Waals surface area contributed by atoms with Crippen LogP contribution in [-0.2, 0) is 4.74 Å². The number of nitrogens with one attached hydrogen (secondary N) is 1. The first-order valence-electron chi connectivity index (χ1n) is 5.80. The number of nitrogens with zero attached hydrogens (tertiary/aromatic N) is 1. The van der Waals surface area contributed by atoms with Gasteiger partial charge in [0.25, 0.3) is 5.56 Å². The van der Waals surface area contributed by atoms with Gasteiger partial charge >= 0.3 is 5.69 Å². The molecule has 0 aliphatic carbocycles. The zero-order valence-corrected chi connectivity index (χ0v) is 12.8. The van der Waals surface area contributed by atoms with Crippen LogP contribution in [0.1, 0.15) is 6.23 Å². The van der Waals surface area contributed by atoms with Crippen LogP contribution in [0.2, 0.25) is 0 Å². The normalized spacial score (nSPS) is 35.4. The molecule has 1 fully saturated rings. The maximum absolute atomic E-state index is 14.5. The summed E-state index contributed by atoms with van der Waals surface area (Å²) in [6.45, 7) is 3.27. The van der Waals surface area contributed by atoms with Crippen LogP contribution >= 0.6 is 22.6 Å². The molecule has 0 saturated carbocycles. The Morgan fingerprint density at radius 3 is 2.86 bits per heavy atom. The average Bonchev–Trinajstić information content (AvgIpc) is 2.62. The van der Waals surface area contributed by atoms with Crippen LogP contribution < -0.4 is 11.2 Å². The molecule has 3 N–H and O–H groups in total. The molecule has 114 valence electrons. The topological polar surface area (TPSA) is 105 Å². The Labute approximate surface area is 131 Å². The summed E-state index contributed by atoms with van der Waals surface area (Å²) in [5.41, 5.74) is -1.57. The molecule has 7 nitrogen and oxygen atoms in total. The Morgan fingerprint density at radius 2 is 2.33 bits per heavy atom. The Hall–Kier alpha value is -1.26. The Balaban J connectivity index is 2.63. The second kappa shape index (κ2) is 5.50. The lowest BCUT2D eigenvalue weighted by Gasteiger charge is -2.27. The quantitative estimate of drug-likeness (QED) is 0.358. The molecule has 1 aromatic rings. The van der Waals surface area contributed by atoms with E-state index in [2.05, 4.69) is 12.3 Å². The van der Waals surface area contributed by atoms with Gasteiger partial charge in [0.2, 0.25) is 5.85 Å². The smallest absolute Gasteiger partial charge is 0.330 e. The average molecular weight is 410 g/mol. The Morgan fingerprint density at radius 1 is 1.67 bits per heavy atom. The number of aliphatic hydroxyl groups is 2.